The minimum absolute atomic E-state index is 0. The van der Waals surface area contributed by atoms with Gasteiger partial charge in [-0.05, 0) is 24.3 Å². The van der Waals surface area contributed by atoms with Crippen LogP contribution in [0.15, 0.2) is 48.5 Å². The Labute approximate surface area is 171 Å². The normalized spacial score (nSPS) is 16.7. The number of fused-ring (bicyclic) bond motifs is 2. The van der Waals surface area contributed by atoms with Crippen LogP contribution in [0, 0.1) is 0 Å². The van der Waals surface area contributed by atoms with E-state index in [0.717, 1.165) is 24.5 Å². The van der Waals surface area contributed by atoms with E-state index in [0.29, 0.717) is 37.4 Å². The van der Waals surface area contributed by atoms with Crippen LogP contribution >= 0.6 is 12.4 Å². The van der Waals surface area contributed by atoms with E-state index in [9.17, 15) is 9.59 Å². The maximum Gasteiger partial charge on any atom is 0.260 e. The van der Waals surface area contributed by atoms with Crippen molar-refractivity contribution < 1.29 is 14.3 Å². The first-order valence-corrected chi connectivity index (χ1v) is 9.26. The molecule has 2 aliphatic heterocycles. The lowest BCUT2D eigenvalue weighted by Gasteiger charge is -2.28. The number of carbonyl (C=O) groups excluding carboxylic acids is 2. The average Bonchev–Trinajstić information content (AvgIpc) is 2.81. The minimum atomic E-state index is -0.110. The summed E-state index contributed by atoms with van der Waals surface area (Å²) in [5.74, 6) is -0.119. The Hall–Kier alpha value is -2.41. The molecule has 1 fully saturated rings. The van der Waals surface area contributed by atoms with E-state index in [-0.39, 0.29) is 24.2 Å². The Bertz CT molecular complexity index is 867. The van der Waals surface area contributed by atoms with Crippen LogP contribution in [0.2, 0.25) is 0 Å². The van der Waals surface area contributed by atoms with E-state index >= 15 is 0 Å². The maximum atomic E-state index is 13.3. The summed E-state index contributed by atoms with van der Waals surface area (Å²) in [4.78, 5) is 31.8. The molecule has 2 aromatic carbocycles. The van der Waals surface area contributed by atoms with Crippen LogP contribution in [0.4, 0.5) is 17.1 Å². The number of morpholine rings is 1. The van der Waals surface area contributed by atoms with Gasteiger partial charge in [-0.25, -0.2) is 0 Å². The lowest BCUT2D eigenvalue weighted by Crippen LogP contribution is -2.39. The molecule has 148 valence electrons. The average molecular weight is 402 g/mol. The fourth-order valence-corrected chi connectivity index (χ4v) is 3.67. The summed E-state index contributed by atoms with van der Waals surface area (Å²) < 4.78 is 5.38. The van der Waals surface area contributed by atoms with Gasteiger partial charge in [0, 0.05) is 33.1 Å². The van der Waals surface area contributed by atoms with E-state index < -0.39 is 0 Å². The lowest BCUT2D eigenvalue weighted by atomic mass is 10.1. The van der Waals surface area contributed by atoms with E-state index in [1.807, 2.05) is 42.5 Å². The van der Waals surface area contributed by atoms with Gasteiger partial charge in [0.2, 0.25) is 5.91 Å². The van der Waals surface area contributed by atoms with E-state index in [1.54, 1.807) is 22.9 Å². The maximum absolute atomic E-state index is 13.3. The third-order valence-electron chi connectivity index (χ3n) is 5.16. The van der Waals surface area contributed by atoms with Crippen LogP contribution in [-0.2, 0) is 9.53 Å². The molecule has 2 amide bonds. The van der Waals surface area contributed by atoms with Crippen molar-refractivity contribution in [2.45, 2.75) is 6.42 Å². The summed E-state index contributed by atoms with van der Waals surface area (Å²) >= 11 is 0. The second kappa shape index (κ2) is 8.73. The third kappa shape index (κ3) is 3.76. The molecule has 0 atom stereocenters. The van der Waals surface area contributed by atoms with Crippen LogP contribution in [0.25, 0.3) is 0 Å². The van der Waals surface area contributed by atoms with Crippen molar-refractivity contribution in [3.63, 3.8) is 0 Å². The second-order valence-corrected chi connectivity index (χ2v) is 6.80. The molecule has 0 N–H and O–H groups in total. The molecule has 6 nitrogen and oxygen atoms in total. The molecule has 28 heavy (non-hydrogen) atoms. The molecule has 0 unspecified atom stereocenters. The zero-order chi connectivity index (χ0) is 18.8. The summed E-state index contributed by atoms with van der Waals surface area (Å²) in [5.41, 5.74) is 2.66. The van der Waals surface area contributed by atoms with Gasteiger partial charge in [0.15, 0.2) is 0 Å². The standard InChI is InChI=1S/C21H23N3O3.ClH/c1-22-18-8-4-5-9-19(18)24(17-7-3-2-6-16(17)21(22)26)20(25)10-11-23-12-14-27-15-13-23;/h2-9H,10-15H2,1H3;1H. The Morgan fingerprint density at radius 2 is 1.57 bits per heavy atom. The zero-order valence-corrected chi connectivity index (χ0v) is 16.7. The summed E-state index contributed by atoms with van der Waals surface area (Å²) in [6, 6.07) is 14.9. The van der Waals surface area contributed by atoms with E-state index in [1.165, 1.54) is 0 Å². The number of rotatable bonds is 3. The topological polar surface area (TPSA) is 53.1 Å². The molecular weight excluding hydrogens is 378 g/mol. The first kappa shape index (κ1) is 20.3. The van der Waals surface area contributed by atoms with Gasteiger partial charge in [0.1, 0.15) is 0 Å². The van der Waals surface area contributed by atoms with Gasteiger partial charge in [0.05, 0.1) is 35.8 Å². The first-order valence-electron chi connectivity index (χ1n) is 9.26. The highest BCUT2D eigenvalue weighted by Crippen LogP contribution is 2.40. The first-order chi connectivity index (χ1) is 13.2. The highest BCUT2D eigenvalue weighted by Gasteiger charge is 2.31. The number of amides is 2. The Balaban J connectivity index is 0.00000225. The Morgan fingerprint density at radius 1 is 0.964 bits per heavy atom. The zero-order valence-electron chi connectivity index (χ0n) is 15.8. The molecule has 0 aliphatic carbocycles. The van der Waals surface area contributed by atoms with Gasteiger partial charge in [-0.1, -0.05) is 24.3 Å². The van der Waals surface area contributed by atoms with Gasteiger partial charge in [-0.15, -0.1) is 12.4 Å². The van der Waals surface area contributed by atoms with Gasteiger partial charge in [-0.2, -0.15) is 0 Å². The molecule has 2 aromatic rings. The van der Waals surface area contributed by atoms with Crippen LogP contribution in [0.1, 0.15) is 16.8 Å². The number of benzene rings is 2. The Morgan fingerprint density at radius 3 is 2.29 bits per heavy atom. The molecule has 2 aliphatic rings. The molecule has 0 aromatic heterocycles. The summed E-state index contributed by atoms with van der Waals surface area (Å²) in [6.45, 7) is 3.81. The molecule has 0 bridgehead atoms. The van der Waals surface area contributed by atoms with Crippen molar-refractivity contribution in [3.8, 4) is 0 Å². The molecule has 7 heteroatoms. The predicted molar refractivity (Wildman–Crippen MR) is 112 cm³/mol. The number of hydrogen-bond donors (Lipinski definition) is 0. The third-order valence-corrected chi connectivity index (χ3v) is 5.16. The predicted octanol–water partition coefficient (Wildman–Crippen LogP) is 3.09. The van der Waals surface area contributed by atoms with Crippen molar-refractivity contribution in [1.82, 2.24) is 4.90 Å². The number of carbonyl (C=O) groups is 2. The molecule has 4 rings (SSSR count). The molecule has 0 spiro atoms. The van der Waals surface area contributed by atoms with Crippen molar-refractivity contribution >= 4 is 41.3 Å². The number of nitrogens with zero attached hydrogens (tertiary/aromatic N) is 3. The monoisotopic (exact) mass is 401 g/mol. The number of anilines is 3. The number of hydrogen-bond acceptors (Lipinski definition) is 4. The number of halogens is 1. The van der Waals surface area contributed by atoms with Gasteiger partial charge < -0.3 is 9.64 Å². The minimum Gasteiger partial charge on any atom is -0.379 e. The van der Waals surface area contributed by atoms with E-state index in [4.69, 9.17) is 4.74 Å². The number of para-hydroxylation sites is 3. The second-order valence-electron chi connectivity index (χ2n) is 6.80. The summed E-state index contributed by atoms with van der Waals surface area (Å²) in [5, 5.41) is 0. The Kier molecular flexibility index (Phi) is 6.34. The fraction of sp³-hybridized carbons (Fsp3) is 0.333. The summed E-state index contributed by atoms with van der Waals surface area (Å²) in [6.07, 6.45) is 0.389. The van der Waals surface area contributed by atoms with E-state index in [2.05, 4.69) is 4.90 Å². The van der Waals surface area contributed by atoms with Gasteiger partial charge >= 0.3 is 0 Å². The highest BCUT2D eigenvalue weighted by molar-refractivity contribution is 6.18. The quantitative estimate of drug-likeness (QED) is 0.793. The van der Waals surface area contributed by atoms with Crippen LogP contribution in [0.3, 0.4) is 0 Å². The highest BCUT2D eigenvalue weighted by atomic mass is 35.5. The van der Waals surface area contributed by atoms with Crippen molar-refractivity contribution in [3.05, 3.63) is 54.1 Å². The van der Waals surface area contributed by atoms with Crippen molar-refractivity contribution in [1.29, 1.82) is 0 Å². The van der Waals surface area contributed by atoms with Gasteiger partial charge in [-0.3, -0.25) is 19.4 Å². The fourth-order valence-electron chi connectivity index (χ4n) is 3.67. The van der Waals surface area contributed by atoms with Crippen LogP contribution < -0.4 is 9.80 Å². The van der Waals surface area contributed by atoms with Crippen molar-refractivity contribution in [2.24, 2.45) is 0 Å². The molecule has 0 radical (unpaired) electrons. The molecule has 0 saturated carbocycles. The van der Waals surface area contributed by atoms with Gasteiger partial charge in [0.25, 0.3) is 5.91 Å². The number of ether oxygens (including phenoxy) is 1. The summed E-state index contributed by atoms with van der Waals surface area (Å²) in [7, 11) is 1.75. The van der Waals surface area contributed by atoms with Crippen LogP contribution in [0.5, 0.6) is 0 Å². The largest absolute Gasteiger partial charge is 0.379 e. The van der Waals surface area contributed by atoms with Crippen molar-refractivity contribution in [2.75, 3.05) is 49.7 Å². The molecular formula is C21H24ClN3O3. The smallest absolute Gasteiger partial charge is 0.260 e. The van der Waals surface area contributed by atoms with Crippen LogP contribution in [-0.4, -0.2) is 56.6 Å². The lowest BCUT2D eigenvalue weighted by molar-refractivity contribution is -0.118. The molecule has 1 saturated heterocycles. The SMILES string of the molecule is CN1C(=O)c2ccccc2N(C(=O)CCN2CCOCC2)c2ccccc21.Cl. The molecule has 2 heterocycles.